The zero-order valence-corrected chi connectivity index (χ0v) is 2.99. The van der Waals surface area contributed by atoms with Gasteiger partial charge in [0.1, 0.15) is 0 Å². The second-order valence-electron chi connectivity index (χ2n) is 1.05. The Morgan fingerprint density at radius 1 is 1.40 bits per heavy atom. The van der Waals surface area contributed by atoms with Gasteiger partial charge in [0, 0.05) is 0 Å². The van der Waals surface area contributed by atoms with Gasteiger partial charge < -0.3 is 0 Å². The summed E-state index contributed by atoms with van der Waals surface area (Å²) in [5, 5.41) is 9.53. The van der Waals surface area contributed by atoms with E-state index in [4.69, 9.17) is 0 Å². The fraction of sp³-hybridized carbons (Fsp3) is 1.00. The molecule has 0 rings (SSSR count). The van der Waals surface area contributed by atoms with Gasteiger partial charge >= 0.3 is 29.6 Å². The van der Waals surface area contributed by atoms with Gasteiger partial charge in [0.25, 0.3) is 0 Å². The summed E-state index contributed by atoms with van der Waals surface area (Å²) in [5.41, 5.74) is 0. The van der Waals surface area contributed by atoms with Crippen molar-refractivity contribution in [2.24, 2.45) is 0 Å². The van der Waals surface area contributed by atoms with Gasteiger partial charge in [-0.3, -0.25) is 0 Å². The fourth-order valence-electron chi connectivity index (χ4n) is 0. The molecule has 0 aromatic carbocycles. The Bertz CT molecular complexity index is 11.6. The molecule has 0 N–H and O–H groups in total. The van der Waals surface area contributed by atoms with Crippen LogP contribution in [0.5, 0.6) is 0 Å². The molecule has 0 saturated heterocycles. The van der Waals surface area contributed by atoms with Crippen molar-refractivity contribution < 1.29 is 5.11 Å². The summed E-state index contributed by atoms with van der Waals surface area (Å²) >= 11 is 0. The Hall–Kier alpha value is 0.960. The monoisotopic (exact) mass is 83.0 g/mol. The van der Waals surface area contributed by atoms with Crippen LogP contribution in [0.3, 0.4) is 0 Å². The molecule has 1 nitrogen and oxygen atoms in total. The van der Waals surface area contributed by atoms with Crippen molar-refractivity contribution >= 4 is 29.6 Å². The molecule has 0 atom stereocenters. The van der Waals surface area contributed by atoms with E-state index < -0.39 is 6.10 Å². The van der Waals surface area contributed by atoms with Crippen LogP contribution in [-0.4, -0.2) is 35.7 Å². The van der Waals surface area contributed by atoms with Gasteiger partial charge in [-0.15, -0.1) is 0 Å². The Kier molecular flexibility index (Phi) is 9.28. The fourth-order valence-corrected chi connectivity index (χ4v) is 0. The molecule has 0 unspecified atom stereocenters. The van der Waals surface area contributed by atoms with Crippen LogP contribution in [-0.2, 0) is 5.11 Å². The quantitative estimate of drug-likeness (QED) is 0.372. The van der Waals surface area contributed by atoms with E-state index in [1.165, 1.54) is 0 Å². The molecule has 0 bridgehead atoms. The number of hydrogen-bond donors (Lipinski definition) is 0. The van der Waals surface area contributed by atoms with E-state index in [0.717, 1.165) is 0 Å². The zero-order valence-electron chi connectivity index (χ0n) is 2.99. The van der Waals surface area contributed by atoms with Gasteiger partial charge in [-0.2, -0.15) is 0 Å². The van der Waals surface area contributed by atoms with Gasteiger partial charge in [-0.05, 0) is 13.8 Å². The van der Waals surface area contributed by atoms with Crippen LogP contribution in [0.25, 0.3) is 0 Å². The van der Waals surface area contributed by atoms with E-state index in [2.05, 4.69) is 0 Å². The number of hydrogen-bond acceptors (Lipinski definition) is 0. The maximum absolute atomic E-state index is 9.53. The predicted molar refractivity (Wildman–Crippen MR) is 23.0 cm³/mol. The summed E-state index contributed by atoms with van der Waals surface area (Å²) in [6.45, 7) is 3.22. The maximum atomic E-state index is 9.53. The molecular weight excluding hydrogens is 75.0 g/mol. The summed E-state index contributed by atoms with van der Waals surface area (Å²) in [6, 6.07) is 0. The van der Waals surface area contributed by atoms with Crippen LogP contribution in [0, 0.1) is 0 Å². The SMILES string of the molecule is CC(C)[O].[NaH]. The first kappa shape index (κ1) is 9.35. The molecule has 0 fully saturated rings. The molecule has 0 aliphatic heterocycles. The third-order valence-electron chi connectivity index (χ3n) is 0. The number of rotatable bonds is 0. The van der Waals surface area contributed by atoms with Crippen molar-refractivity contribution in [3.63, 3.8) is 0 Å². The first-order valence-electron chi connectivity index (χ1n) is 1.39. The average Bonchev–Trinajstić information content (AvgIpc) is 0.811. The van der Waals surface area contributed by atoms with E-state index in [1.54, 1.807) is 13.8 Å². The minimum absolute atomic E-state index is 0. The topological polar surface area (TPSA) is 19.9 Å². The van der Waals surface area contributed by atoms with Gasteiger partial charge in [0.15, 0.2) is 0 Å². The summed E-state index contributed by atoms with van der Waals surface area (Å²) in [6.07, 6.45) is -0.417. The van der Waals surface area contributed by atoms with Crippen LogP contribution < -0.4 is 0 Å². The zero-order chi connectivity index (χ0) is 3.58. The van der Waals surface area contributed by atoms with Crippen LogP contribution in [0.2, 0.25) is 0 Å². The molecule has 5 heavy (non-hydrogen) atoms. The van der Waals surface area contributed by atoms with E-state index >= 15 is 0 Å². The van der Waals surface area contributed by atoms with E-state index in [-0.39, 0.29) is 29.6 Å². The molecule has 27 valence electrons. The van der Waals surface area contributed by atoms with Crippen molar-refractivity contribution in [2.45, 2.75) is 20.0 Å². The molecule has 0 spiro atoms. The molecule has 0 aliphatic rings. The normalized spacial score (nSPS) is 7.20. The first-order valence-corrected chi connectivity index (χ1v) is 1.39. The third kappa shape index (κ3) is 47.2. The second-order valence-corrected chi connectivity index (χ2v) is 1.05. The van der Waals surface area contributed by atoms with E-state index in [1.807, 2.05) is 0 Å². The van der Waals surface area contributed by atoms with Crippen molar-refractivity contribution in [3.8, 4) is 0 Å². The van der Waals surface area contributed by atoms with Crippen LogP contribution in [0.15, 0.2) is 0 Å². The van der Waals surface area contributed by atoms with Gasteiger partial charge in [0.2, 0.25) is 0 Å². The Labute approximate surface area is 54.7 Å². The minimum atomic E-state index is -0.417. The molecule has 1 radical (unpaired) electrons. The molecule has 0 heterocycles. The Morgan fingerprint density at radius 2 is 1.40 bits per heavy atom. The summed E-state index contributed by atoms with van der Waals surface area (Å²) < 4.78 is 0. The molecule has 0 aromatic heterocycles. The van der Waals surface area contributed by atoms with Gasteiger partial charge in [-0.1, -0.05) is 0 Å². The summed E-state index contributed by atoms with van der Waals surface area (Å²) in [4.78, 5) is 0. The Balaban J connectivity index is 0. The molecule has 2 heteroatoms. The second kappa shape index (κ2) is 4.96. The van der Waals surface area contributed by atoms with Crippen molar-refractivity contribution in [1.82, 2.24) is 0 Å². The third-order valence-corrected chi connectivity index (χ3v) is 0. The standard InChI is InChI=1S/C3H7O.Na.H/c1-3(2)4;;/h3H,1-2H3;;. The van der Waals surface area contributed by atoms with Crippen LogP contribution in [0.1, 0.15) is 13.8 Å². The van der Waals surface area contributed by atoms with Crippen LogP contribution >= 0.6 is 0 Å². The summed E-state index contributed by atoms with van der Waals surface area (Å²) in [7, 11) is 0. The summed E-state index contributed by atoms with van der Waals surface area (Å²) in [5.74, 6) is 0. The predicted octanol–water partition coefficient (Wildman–Crippen LogP) is 0.177. The van der Waals surface area contributed by atoms with Crippen LogP contribution in [0.4, 0.5) is 0 Å². The van der Waals surface area contributed by atoms with Crippen molar-refractivity contribution in [3.05, 3.63) is 0 Å². The van der Waals surface area contributed by atoms with Gasteiger partial charge in [-0.25, -0.2) is 5.11 Å². The van der Waals surface area contributed by atoms with E-state index in [0.29, 0.717) is 0 Å². The molecule has 0 amide bonds. The molecule has 0 aliphatic carbocycles. The first-order chi connectivity index (χ1) is 1.73. The van der Waals surface area contributed by atoms with Gasteiger partial charge in [0.05, 0.1) is 6.10 Å². The molecular formula is C3H8NaO. The Morgan fingerprint density at radius 3 is 1.40 bits per heavy atom. The molecule has 0 aromatic rings. The average molecular weight is 83.1 g/mol. The molecule has 0 saturated carbocycles. The van der Waals surface area contributed by atoms with E-state index in [9.17, 15) is 5.11 Å². The van der Waals surface area contributed by atoms with Crippen molar-refractivity contribution in [2.75, 3.05) is 0 Å². The van der Waals surface area contributed by atoms with Crippen molar-refractivity contribution in [1.29, 1.82) is 0 Å².